The van der Waals surface area contributed by atoms with E-state index in [9.17, 15) is 4.79 Å². The van der Waals surface area contributed by atoms with Crippen LogP contribution in [0.25, 0.3) is 0 Å². The van der Waals surface area contributed by atoms with Gasteiger partial charge in [-0.15, -0.1) is 6.42 Å². The molecule has 4 nitrogen and oxygen atoms in total. The average molecular weight is 183 g/mol. The lowest BCUT2D eigenvalue weighted by Gasteiger charge is -2.10. The van der Waals surface area contributed by atoms with Crippen molar-refractivity contribution in [3.05, 3.63) is 0 Å². The van der Waals surface area contributed by atoms with Crippen molar-refractivity contribution in [2.75, 3.05) is 40.3 Å². The second kappa shape index (κ2) is 7.59. The van der Waals surface area contributed by atoms with Crippen LogP contribution in [0.2, 0.25) is 0 Å². The van der Waals surface area contributed by atoms with Crippen LogP contribution < -0.4 is 10.6 Å². The molecule has 0 unspecified atom stereocenters. The number of carbonyl (C=O) groups excluding carboxylic acids is 1. The Balaban J connectivity index is 3.26. The van der Waals surface area contributed by atoms with Gasteiger partial charge in [-0.2, -0.15) is 0 Å². The number of nitrogens with zero attached hydrogens (tertiary/aromatic N) is 1. The topological polar surface area (TPSA) is 44.4 Å². The van der Waals surface area contributed by atoms with Crippen LogP contribution in [-0.2, 0) is 4.79 Å². The molecule has 4 heteroatoms. The Morgan fingerprint density at radius 1 is 1.54 bits per heavy atom. The van der Waals surface area contributed by atoms with Crippen LogP contribution in [0.4, 0.5) is 0 Å². The molecule has 0 aliphatic carbocycles. The zero-order chi connectivity index (χ0) is 10.1. The third kappa shape index (κ3) is 8.86. The summed E-state index contributed by atoms with van der Waals surface area (Å²) in [5.41, 5.74) is 0. The zero-order valence-electron chi connectivity index (χ0n) is 8.26. The molecule has 74 valence electrons. The number of carbonyl (C=O) groups is 1. The number of rotatable bonds is 6. The molecular formula is C9H17N3O. The fraction of sp³-hybridized carbons (Fsp3) is 0.667. The van der Waals surface area contributed by atoms with E-state index in [1.165, 1.54) is 0 Å². The van der Waals surface area contributed by atoms with E-state index >= 15 is 0 Å². The Kier molecular flexibility index (Phi) is 6.98. The molecule has 0 saturated heterocycles. The van der Waals surface area contributed by atoms with E-state index in [-0.39, 0.29) is 12.5 Å². The summed E-state index contributed by atoms with van der Waals surface area (Å²) >= 11 is 0. The summed E-state index contributed by atoms with van der Waals surface area (Å²) in [6.07, 6.45) is 5.00. The first-order valence-electron chi connectivity index (χ1n) is 4.22. The van der Waals surface area contributed by atoms with Crippen LogP contribution in [-0.4, -0.2) is 51.1 Å². The minimum Gasteiger partial charge on any atom is -0.354 e. The maximum Gasteiger partial charge on any atom is 0.234 e. The van der Waals surface area contributed by atoms with E-state index in [2.05, 4.69) is 16.6 Å². The van der Waals surface area contributed by atoms with Crippen molar-refractivity contribution in [3.8, 4) is 12.3 Å². The van der Waals surface area contributed by atoms with Crippen molar-refractivity contribution >= 4 is 5.91 Å². The van der Waals surface area contributed by atoms with Gasteiger partial charge in [0, 0.05) is 13.1 Å². The standard InChI is InChI=1S/C9H17N3O/c1-4-5-10-8-9(13)11-6-7-12(2)3/h1,10H,5-8H2,2-3H3,(H,11,13). The first-order valence-corrected chi connectivity index (χ1v) is 4.22. The van der Waals surface area contributed by atoms with Gasteiger partial charge in [0.15, 0.2) is 0 Å². The second-order valence-corrected chi connectivity index (χ2v) is 2.96. The van der Waals surface area contributed by atoms with Gasteiger partial charge in [0.2, 0.25) is 5.91 Å². The summed E-state index contributed by atoms with van der Waals surface area (Å²) in [5.74, 6) is 2.38. The minimum atomic E-state index is -0.0166. The first-order chi connectivity index (χ1) is 6.16. The lowest BCUT2D eigenvalue weighted by atomic mass is 10.5. The minimum absolute atomic E-state index is 0.0166. The highest BCUT2D eigenvalue weighted by molar-refractivity contribution is 5.77. The maximum atomic E-state index is 11.0. The summed E-state index contributed by atoms with van der Waals surface area (Å²) in [6.45, 7) is 2.24. The lowest BCUT2D eigenvalue weighted by Crippen LogP contribution is -2.37. The third-order valence-corrected chi connectivity index (χ3v) is 1.39. The second-order valence-electron chi connectivity index (χ2n) is 2.96. The van der Waals surface area contributed by atoms with Gasteiger partial charge >= 0.3 is 0 Å². The molecule has 0 fully saturated rings. The largest absolute Gasteiger partial charge is 0.354 e. The van der Waals surface area contributed by atoms with Crippen LogP contribution in [0.15, 0.2) is 0 Å². The quantitative estimate of drug-likeness (QED) is 0.405. The average Bonchev–Trinajstić information content (AvgIpc) is 2.04. The van der Waals surface area contributed by atoms with Crippen molar-refractivity contribution in [2.24, 2.45) is 0 Å². The molecule has 2 N–H and O–H groups in total. The van der Waals surface area contributed by atoms with Crippen LogP contribution in [0.5, 0.6) is 0 Å². The van der Waals surface area contributed by atoms with E-state index in [0.29, 0.717) is 13.1 Å². The number of hydrogen-bond donors (Lipinski definition) is 2. The van der Waals surface area contributed by atoms with Crippen molar-refractivity contribution in [3.63, 3.8) is 0 Å². The van der Waals surface area contributed by atoms with Crippen LogP contribution in [0.3, 0.4) is 0 Å². The lowest BCUT2D eigenvalue weighted by molar-refractivity contribution is -0.120. The van der Waals surface area contributed by atoms with Gasteiger partial charge in [-0.3, -0.25) is 10.1 Å². The van der Waals surface area contributed by atoms with E-state index in [0.717, 1.165) is 6.54 Å². The summed E-state index contributed by atoms with van der Waals surface area (Å²) < 4.78 is 0. The predicted molar refractivity (Wildman–Crippen MR) is 53.3 cm³/mol. The Labute approximate surface area is 79.7 Å². The van der Waals surface area contributed by atoms with Gasteiger partial charge < -0.3 is 10.2 Å². The fourth-order valence-electron chi connectivity index (χ4n) is 0.730. The van der Waals surface area contributed by atoms with Crippen LogP contribution >= 0.6 is 0 Å². The summed E-state index contributed by atoms with van der Waals surface area (Å²) in [5, 5.41) is 5.57. The first kappa shape index (κ1) is 11.9. The van der Waals surface area contributed by atoms with Crippen molar-refractivity contribution in [1.29, 1.82) is 0 Å². The Morgan fingerprint density at radius 3 is 2.77 bits per heavy atom. The normalized spacial score (nSPS) is 9.69. The van der Waals surface area contributed by atoms with Gasteiger partial charge in [0.25, 0.3) is 0 Å². The molecule has 0 aliphatic rings. The van der Waals surface area contributed by atoms with Crippen LogP contribution in [0.1, 0.15) is 0 Å². The van der Waals surface area contributed by atoms with Crippen LogP contribution in [0, 0.1) is 12.3 Å². The molecule has 0 spiro atoms. The van der Waals surface area contributed by atoms with Crippen molar-refractivity contribution < 1.29 is 4.79 Å². The SMILES string of the molecule is C#CCNCC(=O)NCCN(C)C. The van der Waals surface area contributed by atoms with E-state index < -0.39 is 0 Å². The molecule has 0 aromatic heterocycles. The molecule has 0 atom stereocenters. The molecule has 0 saturated carbocycles. The van der Waals surface area contributed by atoms with Gasteiger partial charge in [0.05, 0.1) is 13.1 Å². The Morgan fingerprint density at radius 2 is 2.23 bits per heavy atom. The van der Waals surface area contributed by atoms with E-state index in [1.807, 2.05) is 19.0 Å². The van der Waals surface area contributed by atoms with E-state index in [1.54, 1.807) is 0 Å². The van der Waals surface area contributed by atoms with Crippen molar-refractivity contribution in [1.82, 2.24) is 15.5 Å². The molecule has 0 bridgehead atoms. The molecule has 1 amide bonds. The smallest absolute Gasteiger partial charge is 0.234 e. The highest BCUT2D eigenvalue weighted by atomic mass is 16.1. The molecular weight excluding hydrogens is 166 g/mol. The predicted octanol–water partition coefficient (Wildman–Crippen LogP) is -1.11. The Hall–Kier alpha value is -1.05. The Bertz CT molecular complexity index is 184. The van der Waals surface area contributed by atoms with Gasteiger partial charge in [0.1, 0.15) is 0 Å². The monoisotopic (exact) mass is 183 g/mol. The molecule has 0 aromatic rings. The number of terminal acetylenes is 1. The highest BCUT2D eigenvalue weighted by Gasteiger charge is 1.98. The number of likely N-dealkylation sites (N-methyl/N-ethyl adjacent to an activating group) is 1. The van der Waals surface area contributed by atoms with Crippen molar-refractivity contribution in [2.45, 2.75) is 0 Å². The third-order valence-electron chi connectivity index (χ3n) is 1.39. The molecule has 13 heavy (non-hydrogen) atoms. The van der Waals surface area contributed by atoms with E-state index in [4.69, 9.17) is 6.42 Å². The molecule has 0 radical (unpaired) electrons. The maximum absolute atomic E-state index is 11.0. The fourth-order valence-corrected chi connectivity index (χ4v) is 0.730. The molecule has 0 rings (SSSR count). The van der Waals surface area contributed by atoms with Gasteiger partial charge in [-0.05, 0) is 14.1 Å². The summed E-state index contributed by atoms with van der Waals surface area (Å²) in [4.78, 5) is 13.0. The number of nitrogens with one attached hydrogen (secondary N) is 2. The molecule has 0 heterocycles. The molecule has 0 aliphatic heterocycles. The summed E-state index contributed by atoms with van der Waals surface area (Å²) in [7, 11) is 3.92. The highest BCUT2D eigenvalue weighted by Crippen LogP contribution is 1.71. The number of amides is 1. The van der Waals surface area contributed by atoms with Gasteiger partial charge in [-0.1, -0.05) is 5.92 Å². The molecule has 0 aromatic carbocycles. The summed E-state index contributed by atoms with van der Waals surface area (Å²) in [6, 6.07) is 0. The van der Waals surface area contributed by atoms with Gasteiger partial charge in [-0.25, -0.2) is 0 Å². The number of hydrogen-bond acceptors (Lipinski definition) is 3. The zero-order valence-corrected chi connectivity index (χ0v) is 8.26.